The van der Waals surface area contributed by atoms with Crippen LogP contribution in [0.5, 0.6) is 0 Å². The van der Waals surface area contributed by atoms with Gasteiger partial charge in [0.1, 0.15) is 59.8 Å². The predicted molar refractivity (Wildman–Crippen MR) is 224 cm³/mol. The number of ether oxygens (including phenoxy) is 6. The zero-order chi connectivity index (χ0) is 45.4. The second-order valence-electron chi connectivity index (χ2n) is 17.9. The van der Waals surface area contributed by atoms with E-state index in [4.69, 9.17) is 33.3 Å². The Morgan fingerprint density at radius 3 is 2.19 bits per heavy atom. The highest BCUT2D eigenvalue weighted by Crippen LogP contribution is 2.59. The molecule has 17 nitrogen and oxygen atoms in total. The van der Waals surface area contributed by atoms with Crippen molar-refractivity contribution < 1.29 is 73.2 Å². The summed E-state index contributed by atoms with van der Waals surface area (Å²) in [6.45, 7) is 4.26. The fraction of sp³-hybridized carbons (Fsp3) is 0.511. The minimum atomic E-state index is -1.57. The molecule has 2 bridgehead atoms. The van der Waals surface area contributed by atoms with Gasteiger partial charge in [0.15, 0.2) is 12.3 Å². The summed E-state index contributed by atoms with van der Waals surface area (Å²) in [6, 6.07) is 24.0. The first kappa shape index (κ1) is 45.9. The molecule has 12 atom stereocenters. The molecule has 17 heteroatoms. The zero-order valence-corrected chi connectivity index (χ0v) is 35.8. The van der Waals surface area contributed by atoms with Crippen LogP contribution in [0.1, 0.15) is 62.3 Å². The molecule has 4 saturated heterocycles. The average molecular weight is 889 g/mol. The number of hydroxylamine groups is 2. The second kappa shape index (κ2) is 18.7. The average Bonchev–Trinajstić information content (AvgIpc) is 3.87. The number of fused-ring (bicyclic) bond motifs is 4. The molecule has 1 amide bonds. The van der Waals surface area contributed by atoms with Crippen LogP contribution in [-0.4, -0.2) is 141 Å². The second-order valence-corrected chi connectivity index (χ2v) is 17.9. The lowest BCUT2D eigenvalue weighted by atomic mass is 9.62. The Hall–Kier alpha value is -4.63. The maximum atomic E-state index is 15.0. The molecule has 1 aliphatic carbocycles. The lowest BCUT2D eigenvalue weighted by molar-refractivity contribution is -0.298. The molecule has 3 aromatic rings. The summed E-state index contributed by atoms with van der Waals surface area (Å²) in [6.07, 6.45) is -7.17. The van der Waals surface area contributed by atoms with E-state index in [0.717, 1.165) is 11.1 Å². The lowest BCUT2D eigenvalue weighted by Crippen LogP contribution is -2.70. The van der Waals surface area contributed by atoms with Crippen LogP contribution in [0.3, 0.4) is 0 Å². The number of aliphatic hydroxyl groups excluding tert-OH is 5. The SMILES string of the molecule is CC(C)(C)OC(=O)CCC(CO)NC(=O)C12CC3OC(=O)C1N(Cc1ccc(C=CCOC4OC(CO)C(O)C(O)C4O)cc1)OC2C1OC(c2ccccc2)(c2ccccc2)OC31. The van der Waals surface area contributed by atoms with Gasteiger partial charge in [-0.2, -0.15) is 5.06 Å². The minimum Gasteiger partial charge on any atom is -0.460 e. The van der Waals surface area contributed by atoms with Gasteiger partial charge in [-0.1, -0.05) is 97.1 Å². The molecule has 3 aromatic carbocycles. The number of benzene rings is 3. The molecule has 4 aliphatic heterocycles. The Morgan fingerprint density at radius 1 is 0.906 bits per heavy atom. The van der Waals surface area contributed by atoms with Crippen LogP contribution in [0.15, 0.2) is 91.0 Å². The fourth-order valence-corrected chi connectivity index (χ4v) is 9.36. The largest absolute Gasteiger partial charge is 0.460 e. The molecule has 64 heavy (non-hydrogen) atoms. The number of carbonyl (C=O) groups excluding carboxylic acids is 3. The smallest absolute Gasteiger partial charge is 0.327 e. The Morgan fingerprint density at radius 2 is 1.56 bits per heavy atom. The molecule has 0 spiro atoms. The number of esters is 2. The van der Waals surface area contributed by atoms with Gasteiger partial charge in [-0.25, -0.2) is 0 Å². The van der Waals surface area contributed by atoms with Gasteiger partial charge >= 0.3 is 11.9 Å². The van der Waals surface area contributed by atoms with E-state index in [1.165, 1.54) is 5.06 Å². The first-order valence-corrected chi connectivity index (χ1v) is 21.6. The summed E-state index contributed by atoms with van der Waals surface area (Å²) >= 11 is 0. The molecule has 0 radical (unpaired) electrons. The van der Waals surface area contributed by atoms with Crippen molar-refractivity contribution in [3.63, 3.8) is 0 Å². The van der Waals surface area contributed by atoms with E-state index >= 15 is 0 Å². The number of aliphatic hydroxyl groups is 5. The summed E-state index contributed by atoms with van der Waals surface area (Å²) < 4.78 is 36.6. The summed E-state index contributed by atoms with van der Waals surface area (Å²) in [5.41, 5.74) is 0.599. The molecule has 0 aromatic heterocycles. The monoisotopic (exact) mass is 888 g/mol. The topological polar surface area (TPSA) is 232 Å². The fourth-order valence-electron chi connectivity index (χ4n) is 9.36. The van der Waals surface area contributed by atoms with Gasteiger partial charge in [0, 0.05) is 24.0 Å². The number of nitrogens with zero attached hydrogens (tertiary/aromatic N) is 1. The third-order valence-corrected chi connectivity index (χ3v) is 12.4. The molecule has 8 rings (SSSR count). The molecule has 344 valence electrons. The maximum absolute atomic E-state index is 15.0. The number of nitrogens with one attached hydrogen (secondary N) is 1. The summed E-state index contributed by atoms with van der Waals surface area (Å²) in [5, 5.41) is 54.7. The molecular formula is C47H56N2O15. The van der Waals surface area contributed by atoms with Crippen LogP contribution in [0.25, 0.3) is 6.08 Å². The van der Waals surface area contributed by atoms with Crippen molar-refractivity contribution in [2.24, 2.45) is 5.41 Å². The first-order chi connectivity index (χ1) is 30.7. The van der Waals surface area contributed by atoms with Crippen molar-refractivity contribution in [3.05, 3.63) is 113 Å². The van der Waals surface area contributed by atoms with Crippen molar-refractivity contribution in [1.29, 1.82) is 0 Å². The van der Waals surface area contributed by atoms with E-state index in [2.05, 4.69) is 5.32 Å². The number of hydrogen-bond donors (Lipinski definition) is 6. The van der Waals surface area contributed by atoms with Crippen LogP contribution in [0, 0.1) is 5.41 Å². The normalized spacial score (nSPS) is 32.5. The quantitative estimate of drug-likeness (QED) is 0.119. The molecule has 4 heterocycles. The third-order valence-electron chi connectivity index (χ3n) is 12.4. The Bertz CT molecular complexity index is 2090. The minimum absolute atomic E-state index is 0.0235. The van der Waals surface area contributed by atoms with E-state index in [-0.39, 0.29) is 32.4 Å². The van der Waals surface area contributed by atoms with Crippen LogP contribution in [0.4, 0.5) is 0 Å². The van der Waals surface area contributed by atoms with E-state index in [1.54, 1.807) is 32.9 Å². The van der Waals surface area contributed by atoms with Gasteiger partial charge in [0.05, 0.1) is 32.4 Å². The number of amides is 1. The molecule has 5 aliphatic rings. The van der Waals surface area contributed by atoms with Gasteiger partial charge in [-0.3, -0.25) is 19.2 Å². The van der Waals surface area contributed by atoms with Crippen LogP contribution in [-0.2, 0) is 60.0 Å². The Labute approximate surface area is 370 Å². The molecule has 6 N–H and O–H groups in total. The zero-order valence-electron chi connectivity index (χ0n) is 35.8. The third kappa shape index (κ3) is 8.87. The molecular weight excluding hydrogens is 833 g/mol. The molecule has 12 unspecified atom stereocenters. The predicted octanol–water partition coefficient (Wildman–Crippen LogP) is 1.60. The number of rotatable bonds is 15. The van der Waals surface area contributed by atoms with E-state index < -0.39 is 115 Å². The van der Waals surface area contributed by atoms with Crippen molar-refractivity contribution in [2.75, 3.05) is 19.8 Å². The highest BCUT2D eigenvalue weighted by atomic mass is 16.8. The van der Waals surface area contributed by atoms with Crippen LogP contribution in [0.2, 0.25) is 0 Å². The molecule has 5 fully saturated rings. The lowest BCUT2D eigenvalue weighted by Gasteiger charge is -2.49. The summed E-state index contributed by atoms with van der Waals surface area (Å²) in [7, 11) is 0. The van der Waals surface area contributed by atoms with Crippen molar-refractivity contribution in [3.8, 4) is 0 Å². The first-order valence-electron chi connectivity index (χ1n) is 21.6. The van der Waals surface area contributed by atoms with Gasteiger partial charge in [-0.05, 0) is 38.3 Å². The van der Waals surface area contributed by atoms with Crippen LogP contribution < -0.4 is 5.32 Å². The van der Waals surface area contributed by atoms with Gasteiger partial charge < -0.3 is 59.3 Å². The standard InChI is InChI=1S/C47H56N2O15/c1-45(2,3)61-34(52)21-20-31(25-50)48-44(57)46-23-32-38-39(63-47(62-38,29-12-6-4-7-13-29)30-14-8-5-9-15-30)41(46)64-49(40(46)42(56)59-32)24-28-18-16-27(17-19-28)11-10-22-58-43-37(55)36(54)35(53)33(26-51)60-43/h4-19,31-33,35-41,43,50-51,53-55H,20-26H2,1-3H3,(H,48,57). The maximum Gasteiger partial charge on any atom is 0.327 e. The van der Waals surface area contributed by atoms with E-state index in [0.29, 0.717) is 11.1 Å². The van der Waals surface area contributed by atoms with Crippen molar-refractivity contribution >= 4 is 23.9 Å². The van der Waals surface area contributed by atoms with Crippen molar-refractivity contribution in [1.82, 2.24) is 10.4 Å². The van der Waals surface area contributed by atoms with E-state index in [1.807, 2.05) is 84.9 Å². The van der Waals surface area contributed by atoms with E-state index in [9.17, 15) is 39.9 Å². The van der Waals surface area contributed by atoms with Gasteiger partial charge in [0.2, 0.25) is 11.7 Å². The summed E-state index contributed by atoms with van der Waals surface area (Å²) in [4.78, 5) is 48.8. The Kier molecular flexibility index (Phi) is 13.4. The van der Waals surface area contributed by atoms with Crippen molar-refractivity contribution in [2.45, 2.75) is 125 Å². The highest BCUT2D eigenvalue weighted by Gasteiger charge is 2.76. The van der Waals surface area contributed by atoms with Gasteiger partial charge in [-0.15, -0.1) is 0 Å². The van der Waals surface area contributed by atoms with Crippen LogP contribution >= 0.6 is 0 Å². The Balaban J connectivity index is 1.05. The number of carbonyl (C=O) groups is 3. The molecule has 1 saturated carbocycles. The highest BCUT2D eigenvalue weighted by molar-refractivity contribution is 5.94. The number of hydrogen-bond acceptors (Lipinski definition) is 16. The van der Waals surface area contributed by atoms with Gasteiger partial charge in [0.25, 0.3) is 0 Å². The summed E-state index contributed by atoms with van der Waals surface area (Å²) in [5.74, 6) is -3.16.